The van der Waals surface area contributed by atoms with Crippen molar-refractivity contribution in [1.29, 1.82) is 0 Å². The van der Waals surface area contributed by atoms with Crippen molar-refractivity contribution >= 4 is 45.5 Å². The van der Waals surface area contributed by atoms with E-state index in [1.165, 1.54) is 27.0 Å². The maximum absolute atomic E-state index is 3.54. The molecule has 0 amide bonds. The van der Waals surface area contributed by atoms with Gasteiger partial charge >= 0.3 is 0 Å². The summed E-state index contributed by atoms with van der Waals surface area (Å²) in [7, 11) is 0. The topological polar surface area (TPSA) is 15.3 Å². The van der Waals surface area contributed by atoms with Crippen molar-refractivity contribution < 1.29 is 0 Å². The van der Waals surface area contributed by atoms with Crippen LogP contribution in [0.5, 0.6) is 0 Å². The van der Waals surface area contributed by atoms with Crippen LogP contribution in [0, 0.1) is 0 Å². The van der Waals surface area contributed by atoms with Gasteiger partial charge in [0.25, 0.3) is 0 Å². The number of benzene rings is 4. The van der Waals surface area contributed by atoms with Gasteiger partial charge in [-0.3, -0.25) is 4.31 Å². The fraction of sp³-hybridized carbons (Fsp3) is 0. The summed E-state index contributed by atoms with van der Waals surface area (Å²) in [5.41, 5.74) is 4.63. The number of hydrogen-bond acceptors (Lipinski definition) is 3. The third kappa shape index (κ3) is 2.44. The SMILES string of the molecule is c1ccc2c(c1)Nc1ccccc1N2Sc1cccc2ccccc12. The van der Waals surface area contributed by atoms with E-state index < -0.39 is 0 Å². The zero-order valence-corrected chi connectivity index (χ0v) is 14.3. The van der Waals surface area contributed by atoms with Gasteiger partial charge in [0.15, 0.2) is 0 Å². The van der Waals surface area contributed by atoms with E-state index in [1.54, 1.807) is 11.9 Å². The van der Waals surface area contributed by atoms with E-state index in [2.05, 4.69) is 101 Å². The van der Waals surface area contributed by atoms with E-state index in [4.69, 9.17) is 0 Å². The van der Waals surface area contributed by atoms with Crippen LogP contribution in [0.2, 0.25) is 0 Å². The highest BCUT2D eigenvalue weighted by Crippen LogP contribution is 2.49. The molecule has 0 unspecified atom stereocenters. The van der Waals surface area contributed by atoms with Crippen LogP contribution in [0.1, 0.15) is 0 Å². The van der Waals surface area contributed by atoms with Gasteiger partial charge < -0.3 is 5.32 Å². The zero-order chi connectivity index (χ0) is 16.6. The number of para-hydroxylation sites is 4. The monoisotopic (exact) mass is 340 g/mol. The highest BCUT2D eigenvalue weighted by atomic mass is 32.2. The van der Waals surface area contributed by atoms with Crippen molar-refractivity contribution in [3.8, 4) is 0 Å². The summed E-state index contributed by atoms with van der Waals surface area (Å²) in [6, 6.07) is 31.9. The molecule has 2 nitrogen and oxygen atoms in total. The summed E-state index contributed by atoms with van der Waals surface area (Å²) in [6.45, 7) is 0. The number of nitrogens with one attached hydrogen (secondary N) is 1. The Kier molecular flexibility index (Phi) is 3.39. The molecular weight excluding hydrogens is 324 g/mol. The predicted octanol–water partition coefficient (Wildman–Crippen LogP) is 6.74. The summed E-state index contributed by atoms with van der Waals surface area (Å²) in [5.74, 6) is 0. The number of fused-ring (bicyclic) bond motifs is 3. The minimum atomic E-state index is 1.13. The molecule has 0 radical (unpaired) electrons. The van der Waals surface area contributed by atoms with E-state index in [0.29, 0.717) is 0 Å². The molecule has 1 heterocycles. The Morgan fingerprint density at radius 3 is 1.96 bits per heavy atom. The lowest BCUT2D eigenvalue weighted by Crippen LogP contribution is -2.15. The molecule has 1 N–H and O–H groups in total. The summed E-state index contributed by atoms with van der Waals surface area (Å²) in [5, 5.41) is 6.09. The summed E-state index contributed by atoms with van der Waals surface area (Å²) in [4.78, 5) is 1.25. The van der Waals surface area contributed by atoms with Crippen molar-refractivity contribution in [1.82, 2.24) is 0 Å². The summed E-state index contributed by atoms with van der Waals surface area (Å²) >= 11 is 1.77. The number of hydrogen-bond donors (Lipinski definition) is 1. The molecule has 0 saturated carbocycles. The normalized spacial score (nSPS) is 12.4. The first-order valence-corrected chi connectivity index (χ1v) is 9.08. The van der Waals surface area contributed by atoms with E-state index in [9.17, 15) is 0 Å². The average Bonchev–Trinajstić information content (AvgIpc) is 2.68. The molecule has 5 rings (SSSR count). The minimum Gasteiger partial charge on any atom is -0.352 e. The number of nitrogens with zero attached hydrogens (tertiary/aromatic N) is 1. The average molecular weight is 340 g/mol. The molecule has 0 aliphatic carbocycles. The number of anilines is 4. The molecule has 4 aromatic carbocycles. The molecule has 1 aliphatic rings. The van der Waals surface area contributed by atoms with Crippen LogP contribution in [-0.4, -0.2) is 0 Å². The standard InChI is InChI=1S/C22H16N2S/c1-2-10-17-16(8-1)9-7-15-22(17)25-24-20-13-5-3-11-18(20)23-19-12-4-6-14-21(19)24/h1-15,23H. The Hall–Kier alpha value is -2.91. The second kappa shape index (κ2) is 5.87. The fourth-order valence-corrected chi connectivity index (χ4v) is 4.40. The summed E-state index contributed by atoms with van der Waals surface area (Å²) < 4.78 is 2.32. The van der Waals surface area contributed by atoms with Crippen LogP contribution < -0.4 is 9.62 Å². The Morgan fingerprint density at radius 2 is 1.20 bits per heavy atom. The van der Waals surface area contributed by atoms with Crippen LogP contribution in [0.3, 0.4) is 0 Å². The van der Waals surface area contributed by atoms with Crippen molar-refractivity contribution in [2.75, 3.05) is 9.62 Å². The molecule has 4 aromatic rings. The lowest BCUT2D eigenvalue weighted by molar-refractivity contribution is 1.35. The first-order valence-electron chi connectivity index (χ1n) is 8.31. The van der Waals surface area contributed by atoms with Gasteiger partial charge in [0, 0.05) is 4.90 Å². The Labute approximate surface area is 151 Å². The molecule has 120 valence electrons. The van der Waals surface area contributed by atoms with Crippen molar-refractivity contribution in [2.24, 2.45) is 0 Å². The first-order chi connectivity index (χ1) is 12.4. The van der Waals surface area contributed by atoms with Gasteiger partial charge in [-0.1, -0.05) is 60.7 Å². The lowest BCUT2D eigenvalue weighted by atomic mass is 10.1. The maximum Gasteiger partial charge on any atom is 0.0764 e. The highest BCUT2D eigenvalue weighted by Gasteiger charge is 2.23. The molecule has 1 aliphatic heterocycles. The molecular formula is C22H16N2S. The maximum atomic E-state index is 3.54. The Balaban J connectivity index is 1.66. The van der Waals surface area contributed by atoms with Gasteiger partial charge in [0.05, 0.1) is 22.7 Å². The predicted molar refractivity (Wildman–Crippen MR) is 108 cm³/mol. The quantitative estimate of drug-likeness (QED) is 0.407. The number of rotatable bonds is 2. The van der Waals surface area contributed by atoms with E-state index in [0.717, 1.165) is 11.4 Å². The van der Waals surface area contributed by atoms with Crippen molar-refractivity contribution in [2.45, 2.75) is 4.90 Å². The molecule has 0 bridgehead atoms. The molecule has 0 spiro atoms. The molecule has 3 heteroatoms. The molecule has 0 fully saturated rings. The smallest absolute Gasteiger partial charge is 0.0764 e. The van der Waals surface area contributed by atoms with Crippen molar-refractivity contribution in [3.05, 3.63) is 91.0 Å². The van der Waals surface area contributed by atoms with Crippen molar-refractivity contribution in [3.63, 3.8) is 0 Å². The Morgan fingerprint density at radius 1 is 0.600 bits per heavy atom. The minimum absolute atomic E-state index is 1.13. The largest absolute Gasteiger partial charge is 0.352 e. The van der Waals surface area contributed by atoms with E-state index in [1.807, 2.05) is 0 Å². The van der Waals surface area contributed by atoms with Gasteiger partial charge in [0.1, 0.15) is 0 Å². The summed E-state index contributed by atoms with van der Waals surface area (Å²) in [6.07, 6.45) is 0. The first kappa shape index (κ1) is 14.4. The van der Waals surface area contributed by atoms with Gasteiger partial charge in [0.2, 0.25) is 0 Å². The van der Waals surface area contributed by atoms with Gasteiger partial charge in [-0.15, -0.1) is 0 Å². The van der Waals surface area contributed by atoms with Crippen LogP contribution in [0.25, 0.3) is 10.8 Å². The molecule has 0 aromatic heterocycles. The molecule has 25 heavy (non-hydrogen) atoms. The van der Waals surface area contributed by atoms with Crippen LogP contribution >= 0.6 is 11.9 Å². The second-order valence-electron chi connectivity index (χ2n) is 6.02. The van der Waals surface area contributed by atoms with Gasteiger partial charge in [-0.05, 0) is 53.1 Å². The zero-order valence-electron chi connectivity index (χ0n) is 13.5. The van der Waals surface area contributed by atoms with Gasteiger partial charge in [-0.25, -0.2) is 0 Å². The molecule has 0 atom stereocenters. The van der Waals surface area contributed by atoms with Crippen LogP contribution in [0.15, 0.2) is 95.9 Å². The van der Waals surface area contributed by atoms with Crippen LogP contribution in [-0.2, 0) is 0 Å². The lowest BCUT2D eigenvalue weighted by Gasteiger charge is -2.32. The van der Waals surface area contributed by atoms with Crippen LogP contribution in [0.4, 0.5) is 22.7 Å². The third-order valence-corrected chi connectivity index (χ3v) is 5.58. The van der Waals surface area contributed by atoms with E-state index >= 15 is 0 Å². The Bertz CT molecular complexity index is 1020. The van der Waals surface area contributed by atoms with E-state index in [-0.39, 0.29) is 0 Å². The molecule has 0 saturated heterocycles. The second-order valence-corrected chi connectivity index (χ2v) is 7.01. The van der Waals surface area contributed by atoms with Gasteiger partial charge in [-0.2, -0.15) is 0 Å². The third-order valence-electron chi connectivity index (χ3n) is 4.45. The highest BCUT2D eigenvalue weighted by molar-refractivity contribution is 8.01. The fourth-order valence-electron chi connectivity index (χ4n) is 3.26.